The quantitative estimate of drug-likeness (QED) is 0.193. The van der Waals surface area contributed by atoms with E-state index in [1.54, 1.807) is 48.5 Å². The van der Waals surface area contributed by atoms with Gasteiger partial charge in [0, 0.05) is 21.1 Å². The van der Waals surface area contributed by atoms with Crippen LogP contribution >= 0.6 is 23.2 Å². The van der Waals surface area contributed by atoms with E-state index in [1.807, 2.05) is 0 Å². The number of carbonyl (C=O) groups excluding carboxylic acids is 1. The first-order valence-electron chi connectivity index (χ1n) is 5.70. The summed E-state index contributed by atoms with van der Waals surface area (Å²) >= 11 is 11.7. The highest BCUT2D eigenvalue weighted by molar-refractivity contribution is 6.30. The SMILES string of the molecule is [N-]=[N+]=NC(Cl)c1cccc(C(=O)c2ccc(Cl)cc2)c1. The van der Waals surface area contributed by atoms with Crippen LogP contribution in [0.5, 0.6) is 0 Å². The number of alkyl halides is 1. The molecule has 1 atom stereocenters. The van der Waals surface area contributed by atoms with Crippen LogP contribution in [0, 0.1) is 0 Å². The maximum atomic E-state index is 12.3. The molecule has 4 nitrogen and oxygen atoms in total. The molecular weight excluding hydrogens is 297 g/mol. The molecule has 0 aliphatic heterocycles. The van der Waals surface area contributed by atoms with Crippen molar-refractivity contribution in [1.82, 2.24) is 0 Å². The first-order chi connectivity index (χ1) is 9.61. The molecule has 20 heavy (non-hydrogen) atoms. The topological polar surface area (TPSA) is 65.8 Å². The highest BCUT2D eigenvalue weighted by Crippen LogP contribution is 2.24. The molecule has 0 spiro atoms. The molecule has 0 aromatic heterocycles. The van der Waals surface area contributed by atoms with Crippen molar-refractivity contribution in [3.63, 3.8) is 0 Å². The average molecular weight is 306 g/mol. The first kappa shape index (κ1) is 14.4. The molecule has 0 heterocycles. The van der Waals surface area contributed by atoms with Crippen LogP contribution in [0.1, 0.15) is 27.0 Å². The van der Waals surface area contributed by atoms with E-state index in [0.29, 0.717) is 21.7 Å². The van der Waals surface area contributed by atoms with Crippen LogP contribution < -0.4 is 0 Å². The van der Waals surface area contributed by atoms with E-state index in [2.05, 4.69) is 10.0 Å². The van der Waals surface area contributed by atoms with Gasteiger partial charge in [-0.15, -0.1) is 11.6 Å². The summed E-state index contributed by atoms with van der Waals surface area (Å²) < 4.78 is 0. The number of halogens is 2. The van der Waals surface area contributed by atoms with E-state index in [1.165, 1.54) is 0 Å². The zero-order valence-corrected chi connectivity index (χ0v) is 11.7. The molecule has 2 aromatic rings. The lowest BCUT2D eigenvalue weighted by molar-refractivity contribution is 0.103. The van der Waals surface area contributed by atoms with Crippen molar-refractivity contribution in [3.8, 4) is 0 Å². The number of rotatable bonds is 4. The molecule has 100 valence electrons. The number of benzene rings is 2. The predicted molar refractivity (Wildman–Crippen MR) is 79.1 cm³/mol. The van der Waals surface area contributed by atoms with Gasteiger partial charge >= 0.3 is 0 Å². The van der Waals surface area contributed by atoms with E-state index in [0.717, 1.165) is 0 Å². The Morgan fingerprint density at radius 3 is 2.50 bits per heavy atom. The molecule has 0 saturated heterocycles. The van der Waals surface area contributed by atoms with Gasteiger partial charge in [0.2, 0.25) is 0 Å². The molecule has 6 heteroatoms. The lowest BCUT2D eigenvalue weighted by Gasteiger charge is -2.06. The third-order valence-electron chi connectivity index (χ3n) is 2.68. The van der Waals surface area contributed by atoms with Crippen LogP contribution in [0.4, 0.5) is 0 Å². The summed E-state index contributed by atoms with van der Waals surface area (Å²) in [4.78, 5) is 14.9. The van der Waals surface area contributed by atoms with Crippen molar-refractivity contribution in [1.29, 1.82) is 0 Å². The molecule has 2 aromatic carbocycles. The summed E-state index contributed by atoms with van der Waals surface area (Å²) in [6.07, 6.45) is 0. The minimum Gasteiger partial charge on any atom is -0.289 e. The molecule has 0 bridgehead atoms. The van der Waals surface area contributed by atoms with Gasteiger partial charge in [-0.25, -0.2) is 0 Å². The normalized spacial score (nSPS) is 11.5. The third-order valence-corrected chi connectivity index (χ3v) is 3.27. The zero-order chi connectivity index (χ0) is 14.5. The minimum atomic E-state index is -0.835. The number of azide groups is 1. The number of ketones is 1. The average Bonchev–Trinajstić information content (AvgIpc) is 2.48. The maximum absolute atomic E-state index is 12.3. The molecule has 2 rings (SSSR count). The summed E-state index contributed by atoms with van der Waals surface area (Å²) in [7, 11) is 0. The van der Waals surface area contributed by atoms with Gasteiger partial charge in [-0.1, -0.05) is 34.9 Å². The number of hydrogen-bond acceptors (Lipinski definition) is 2. The lowest BCUT2D eigenvalue weighted by Crippen LogP contribution is -2.02. The number of nitrogens with zero attached hydrogens (tertiary/aromatic N) is 3. The van der Waals surface area contributed by atoms with Crippen molar-refractivity contribution in [2.24, 2.45) is 5.11 Å². The van der Waals surface area contributed by atoms with Gasteiger partial charge in [0.15, 0.2) is 5.78 Å². The van der Waals surface area contributed by atoms with Crippen molar-refractivity contribution >= 4 is 29.0 Å². The molecule has 1 unspecified atom stereocenters. The summed E-state index contributed by atoms with van der Waals surface area (Å²) in [5.41, 5.74) is 9.12. The zero-order valence-electron chi connectivity index (χ0n) is 10.2. The molecule has 0 amide bonds. The van der Waals surface area contributed by atoms with Gasteiger partial charge in [-0.2, -0.15) is 0 Å². The molecular formula is C14H9Cl2N3O. The van der Waals surface area contributed by atoms with E-state index in [4.69, 9.17) is 28.7 Å². The fourth-order valence-electron chi connectivity index (χ4n) is 1.71. The molecule has 0 N–H and O–H groups in total. The predicted octanol–water partition coefficient (Wildman–Crippen LogP) is 5.12. The van der Waals surface area contributed by atoms with Crippen molar-refractivity contribution in [2.45, 2.75) is 5.50 Å². The summed E-state index contributed by atoms with van der Waals surface area (Å²) in [5, 5.41) is 3.97. The second-order valence-corrected chi connectivity index (χ2v) is 4.85. The summed E-state index contributed by atoms with van der Waals surface area (Å²) in [6, 6.07) is 13.3. The summed E-state index contributed by atoms with van der Waals surface area (Å²) in [6.45, 7) is 0. The number of hydrogen-bond donors (Lipinski definition) is 0. The van der Waals surface area contributed by atoms with Gasteiger partial charge in [0.05, 0.1) is 0 Å². The van der Waals surface area contributed by atoms with Gasteiger partial charge in [-0.05, 0) is 41.4 Å². The van der Waals surface area contributed by atoms with Gasteiger partial charge in [-0.3, -0.25) is 4.79 Å². The Balaban J connectivity index is 2.33. The number of carbonyl (C=O) groups is 1. The molecule has 0 aliphatic rings. The Morgan fingerprint density at radius 1 is 1.15 bits per heavy atom. The summed E-state index contributed by atoms with van der Waals surface area (Å²) in [5.74, 6) is -0.145. The minimum absolute atomic E-state index is 0.145. The smallest absolute Gasteiger partial charge is 0.193 e. The fourth-order valence-corrected chi connectivity index (χ4v) is 2.01. The van der Waals surface area contributed by atoms with Crippen molar-refractivity contribution in [2.75, 3.05) is 0 Å². The largest absolute Gasteiger partial charge is 0.289 e. The Hall–Kier alpha value is -2.00. The van der Waals surface area contributed by atoms with Gasteiger partial charge in [0.1, 0.15) is 5.50 Å². The van der Waals surface area contributed by atoms with Crippen LogP contribution in [0.2, 0.25) is 5.02 Å². The van der Waals surface area contributed by atoms with E-state index in [-0.39, 0.29) is 5.78 Å². The molecule has 0 saturated carbocycles. The molecule has 0 radical (unpaired) electrons. The van der Waals surface area contributed by atoms with Crippen LogP contribution in [0.3, 0.4) is 0 Å². The van der Waals surface area contributed by atoms with Crippen LogP contribution in [0.15, 0.2) is 53.6 Å². The lowest BCUT2D eigenvalue weighted by atomic mass is 10.0. The van der Waals surface area contributed by atoms with Crippen LogP contribution in [0.25, 0.3) is 10.4 Å². The van der Waals surface area contributed by atoms with Crippen LogP contribution in [-0.2, 0) is 0 Å². The monoisotopic (exact) mass is 305 g/mol. The van der Waals surface area contributed by atoms with Crippen molar-refractivity contribution in [3.05, 3.63) is 80.7 Å². The Labute approximate surface area is 125 Å². The second-order valence-electron chi connectivity index (χ2n) is 4.00. The van der Waals surface area contributed by atoms with E-state index in [9.17, 15) is 4.79 Å². The Bertz CT molecular complexity index is 679. The first-order valence-corrected chi connectivity index (χ1v) is 6.52. The molecule has 0 fully saturated rings. The van der Waals surface area contributed by atoms with Gasteiger partial charge in [0.25, 0.3) is 0 Å². The van der Waals surface area contributed by atoms with Crippen LogP contribution in [-0.4, -0.2) is 5.78 Å². The highest BCUT2D eigenvalue weighted by atomic mass is 35.5. The van der Waals surface area contributed by atoms with Gasteiger partial charge < -0.3 is 0 Å². The fraction of sp³-hybridized carbons (Fsp3) is 0.0714. The molecule has 0 aliphatic carbocycles. The maximum Gasteiger partial charge on any atom is 0.193 e. The highest BCUT2D eigenvalue weighted by Gasteiger charge is 2.12. The van der Waals surface area contributed by atoms with Crippen molar-refractivity contribution < 1.29 is 4.79 Å². The third kappa shape index (κ3) is 3.31. The standard InChI is InChI=1S/C14H9Cl2N3O/c15-12-6-4-9(5-7-12)13(20)10-2-1-3-11(8-10)14(16)18-19-17/h1-8,14H. The Kier molecular flexibility index (Phi) is 4.64. The van der Waals surface area contributed by atoms with E-state index >= 15 is 0 Å². The van der Waals surface area contributed by atoms with E-state index < -0.39 is 5.50 Å². The second kappa shape index (κ2) is 6.44. The Morgan fingerprint density at radius 2 is 1.85 bits per heavy atom.